The summed E-state index contributed by atoms with van der Waals surface area (Å²) in [6, 6.07) is 0.907. The molecule has 1 aliphatic heterocycles. The van der Waals surface area contributed by atoms with Crippen LogP contribution in [0.5, 0.6) is 0 Å². The topological polar surface area (TPSA) is 170 Å². The summed E-state index contributed by atoms with van der Waals surface area (Å²) in [6.07, 6.45) is 3.39. The van der Waals surface area contributed by atoms with E-state index < -0.39 is 52.2 Å². The summed E-state index contributed by atoms with van der Waals surface area (Å²) in [5.74, 6) is 1.47. The Labute approximate surface area is 178 Å². The Morgan fingerprint density at radius 3 is 2.27 bits per heavy atom. The predicted molar refractivity (Wildman–Crippen MR) is 113 cm³/mol. The molecule has 1 N–H and O–H groups in total. The molecule has 0 aliphatic carbocycles. The molecule has 1 aliphatic rings. The van der Waals surface area contributed by atoms with Gasteiger partial charge in [0, 0.05) is 22.5 Å². The van der Waals surface area contributed by atoms with E-state index in [2.05, 4.69) is 0 Å². The van der Waals surface area contributed by atoms with E-state index in [0.717, 1.165) is 18.6 Å². The quantitative estimate of drug-likeness (QED) is 0.356. The molecular formula is C15H22N3O9S3+. The zero-order chi connectivity index (χ0) is 22.9. The van der Waals surface area contributed by atoms with Crippen LogP contribution in [0.4, 0.5) is 17.1 Å². The highest BCUT2D eigenvalue weighted by molar-refractivity contribution is 8.30. The molecule has 0 bridgehead atoms. The van der Waals surface area contributed by atoms with Gasteiger partial charge in [-0.2, -0.15) is 24.5 Å². The van der Waals surface area contributed by atoms with Crippen LogP contribution in [0.3, 0.4) is 0 Å². The van der Waals surface area contributed by atoms with Crippen LogP contribution in [0.25, 0.3) is 0 Å². The lowest BCUT2D eigenvalue weighted by atomic mass is 10.2. The average Bonchev–Trinajstić information content (AvgIpc) is 2.64. The van der Waals surface area contributed by atoms with Crippen molar-refractivity contribution < 1.29 is 32.0 Å². The maximum Gasteiger partial charge on any atom is 0.352 e. The molecule has 30 heavy (non-hydrogen) atoms. The third kappa shape index (κ3) is 5.19. The number of hydrogen-bond acceptors (Lipinski definition) is 9. The van der Waals surface area contributed by atoms with E-state index in [-0.39, 0.29) is 15.4 Å². The van der Waals surface area contributed by atoms with Crippen LogP contribution in [-0.2, 0) is 14.4 Å². The van der Waals surface area contributed by atoms with E-state index in [1.807, 2.05) is 13.8 Å². The second kappa shape index (κ2) is 9.03. The van der Waals surface area contributed by atoms with E-state index in [0.29, 0.717) is 17.9 Å². The first kappa shape index (κ1) is 24.3. The van der Waals surface area contributed by atoms with Crippen molar-refractivity contribution in [1.82, 2.24) is 0 Å². The van der Waals surface area contributed by atoms with E-state index in [1.54, 1.807) is 18.0 Å². The Bertz CT molecular complexity index is 985. The minimum absolute atomic E-state index is 0.0953. The van der Waals surface area contributed by atoms with Crippen LogP contribution in [0.1, 0.15) is 26.7 Å². The van der Waals surface area contributed by atoms with Gasteiger partial charge in [0.1, 0.15) is 6.07 Å². The van der Waals surface area contributed by atoms with Gasteiger partial charge in [-0.15, -0.1) is 0 Å². The number of benzene rings is 1. The number of nitro groups is 2. The Morgan fingerprint density at radius 1 is 1.13 bits per heavy atom. The average molecular weight is 485 g/mol. The minimum Gasteiger partial charge on any atom is -0.281 e. The fourth-order valence-electron chi connectivity index (χ4n) is 3.01. The van der Waals surface area contributed by atoms with Gasteiger partial charge in [0.15, 0.2) is 0 Å². The number of rotatable bonds is 6. The van der Waals surface area contributed by atoms with Crippen molar-refractivity contribution in [2.45, 2.75) is 42.1 Å². The summed E-state index contributed by atoms with van der Waals surface area (Å²) in [5.41, 5.74) is -3.19. The number of thioether (sulfide) groups is 1. The molecule has 0 amide bonds. The molecule has 15 heteroatoms. The number of nitrogens with zero attached hydrogens (tertiary/aromatic N) is 3. The monoisotopic (exact) mass is 484 g/mol. The van der Waals surface area contributed by atoms with Gasteiger partial charge in [0.2, 0.25) is 0 Å². The Balaban J connectivity index is 2.62. The molecule has 0 spiro atoms. The molecule has 0 radical (unpaired) electrons. The first-order chi connectivity index (χ1) is 13.8. The molecule has 1 saturated heterocycles. The van der Waals surface area contributed by atoms with Crippen molar-refractivity contribution in [3.8, 4) is 0 Å². The molecule has 0 aromatic heterocycles. The minimum atomic E-state index is -5.28. The zero-order valence-corrected chi connectivity index (χ0v) is 18.9. The predicted octanol–water partition coefficient (Wildman–Crippen LogP) is 3.75. The molecule has 1 heterocycles. The maximum atomic E-state index is 12.9. The highest BCUT2D eigenvalue weighted by Gasteiger charge is 2.45. The Hall–Kier alpha value is -1.97. The van der Waals surface area contributed by atoms with Crippen LogP contribution < -0.4 is 0 Å². The molecule has 12 nitrogen and oxygen atoms in total. The molecule has 1 fully saturated rings. The van der Waals surface area contributed by atoms with Gasteiger partial charge in [-0.3, -0.25) is 24.8 Å². The highest BCUT2D eigenvalue weighted by Crippen LogP contribution is 2.56. The van der Waals surface area contributed by atoms with Crippen molar-refractivity contribution in [2.24, 2.45) is 0 Å². The standard InChI is InChI=1S/C15H21N3O9S3/c1-10-11(2)29(3,7-5-4-6-28-10)27-18(23)14-9-12(16(19)20)8-13(17(21)22)15(14)30(24,25)26/h8-11H,4-7H2,1-3H3/p+1. The maximum absolute atomic E-state index is 12.9. The number of nitro benzene ring substituents is 2. The molecule has 0 saturated carbocycles. The zero-order valence-electron chi connectivity index (χ0n) is 16.4. The highest BCUT2D eigenvalue weighted by atomic mass is 32.3. The van der Waals surface area contributed by atoms with Crippen LogP contribution in [-0.4, -0.2) is 56.0 Å². The summed E-state index contributed by atoms with van der Waals surface area (Å²) in [7, 11) is -7.40. The van der Waals surface area contributed by atoms with Crippen molar-refractivity contribution in [3.05, 3.63) is 37.3 Å². The van der Waals surface area contributed by atoms with Gasteiger partial charge in [-0.1, -0.05) is 13.8 Å². The fourth-order valence-corrected chi connectivity index (χ4v) is 8.32. The summed E-state index contributed by atoms with van der Waals surface area (Å²) < 4.78 is 38.8. The normalized spacial score (nSPS) is 27.2. The van der Waals surface area contributed by atoms with Crippen molar-refractivity contribution >= 4 is 49.3 Å². The van der Waals surface area contributed by atoms with Gasteiger partial charge in [-0.25, -0.2) is 0 Å². The van der Waals surface area contributed by atoms with Crippen LogP contribution in [0.2, 0.25) is 0 Å². The summed E-state index contributed by atoms with van der Waals surface area (Å²) in [4.78, 5) is 31.5. The summed E-state index contributed by atoms with van der Waals surface area (Å²) in [5, 5.41) is 22.5. The number of non-ortho nitro benzene ring substituents is 1. The Morgan fingerprint density at radius 2 is 1.73 bits per heavy atom. The lowest BCUT2D eigenvalue weighted by Gasteiger charge is -2.39. The smallest absolute Gasteiger partial charge is 0.281 e. The van der Waals surface area contributed by atoms with E-state index in [1.165, 1.54) is 0 Å². The molecule has 1 aromatic carbocycles. The van der Waals surface area contributed by atoms with Crippen LogP contribution in [0, 0.1) is 25.1 Å². The summed E-state index contributed by atoms with van der Waals surface area (Å²) in [6.45, 7) is 3.87. The molecular weight excluding hydrogens is 462 g/mol. The second-order valence-electron chi connectivity index (χ2n) is 6.90. The third-order valence-electron chi connectivity index (χ3n) is 4.91. The Kier molecular flexibility index (Phi) is 7.32. The van der Waals surface area contributed by atoms with Crippen molar-refractivity contribution in [2.75, 3.05) is 17.8 Å². The molecule has 3 unspecified atom stereocenters. The molecule has 3 atom stereocenters. The van der Waals surface area contributed by atoms with Crippen molar-refractivity contribution in [1.29, 1.82) is 0 Å². The van der Waals surface area contributed by atoms with E-state index in [9.17, 15) is 38.1 Å². The first-order valence-corrected chi connectivity index (χ1v) is 13.4. The van der Waals surface area contributed by atoms with Crippen LogP contribution >= 0.6 is 22.1 Å². The number of hydrogen-bond donors (Lipinski definition) is 1. The van der Waals surface area contributed by atoms with Gasteiger partial charge >= 0.3 is 21.5 Å². The third-order valence-corrected chi connectivity index (χ3v) is 11.0. The van der Waals surface area contributed by atoms with Crippen molar-refractivity contribution in [3.63, 3.8) is 0 Å². The molecule has 1 aromatic rings. The molecule has 168 valence electrons. The van der Waals surface area contributed by atoms with E-state index >= 15 is 0 Å². The van der Waals surface area contributed by atoms with Gasteiger partial charge in [-0.05, 0) is 28.9 Å². The van der Waals surface area contributed by atoms with Gasteiger partial charge in [0.25, 0.3) is 15.5 Å². The fraction of sp³-hybridized carbons (Fsp3) is 0.600. The SMILES string of the molecule is CC1SCCCCS(C)(O[N+](=O)c2cc([N+](=O)[O-])cc([N+](=O)[O-])c2S(=O)(=O)O)C1C. The van der Waals surface area contributed by atoms with Gasteiger partial charge in [0.05, 0.1) is 20.8 Å². The lowest BCUT2D eigenvalue weighted by Crippen LogP contribution is -2.31. The van der Waals surface area contributed by atoms with E-state index in [4.69, 9.17) is 4.28 Å². The molecule has 2 rings (SSSR count). The largest absolute Gasteiger partial charge is 0.352 e. The summed E-state index contributed by atoms with van der Waals surface area (Å²) >= 11 is 1.71. The second-order valence-corrected chi connectivity index (χ2v) is 13.2. The van der Waals surface area contributed by atoms with Gasteiger partial charge < -0.3 is 0 Å². The lowest BCUT2D eigenvalue weighted by molar-refractivity contribution is -0.698. The first-order valence-electron chi connectivity index (χ1n) is 8.75. The van der Waals surface area contributed by atoms with Crippen LogP contribution in [0.15, 0.2) is 17.0 Å².